The molecule has 7 heteroatoms. The van der Waals surface area contributed by atoms with Gasteiger partial charge in [0, 0.05) is 37.5 Å². The van der Waals surface area contributed by atoms with Crippen LogP contribution in [0, 0.1) is 0 Å². The quantitative estimate of drug-likeness (QED) is 0.691. The molecule has 2 aliphatic rings. The number of hydrogen-bond donors (Lipinski definition) is 0. The molecule has 1 amide bonds. The molecule has 0 unspecified atom stereocenters. The molecule has 0 bridgehead atoms. The molecule has 0 aliphatic carbocycles. The van der Waals surface area contributed by atoms with Crippen molar-refractivity contribution in [1.82, 2.24) is 4.90 Å². The molecule has 1 saturated heterocycles. The van der Waals surface area contributed by atoms with Gasteiger partial charge in [0.15, 0.2) is 0 Å². The molecule has 0 radical (unpaired) electrons. The summed E-state index contributed by atoms with van der Waals surface area (Å²) in [5.41, 5.74) is 0.966. The van der Waals surface area contributed by atoms with E-state index < -0.39 is 5.60 Å². The Hall–Kier alpha value is -3.22. The summed E-state index contributed by atoms with van der Waals surface area (Å²) >= 11 is 0. The third kappa shape index (κ3) is 4.24. The number of para-hydroxylation sites is 1. The summed E-state index contributed by atoms with van der Waals surface area (Å²) in [5.74, 6) is 2.41. The van der Waals surface area contributed by atoms with E-state index in [0.717, 1.165) is 29.9 Å². The van der Waals surface area contributed by atoms with Gasteiger partial charge in [0.1, 0.15) is 28.5 Å². The van der Waals surface area contributed by atoms with Crippen LogP contribution in [0.15, 0.2) is 53.5 Å². The van der Waals surface area contributed by atoms with Crippen LogP contribution in [0.5, 0.6) is 11.5 Å². The lowest BCUT2D eigenvalue weighted by Crippen LogP contribution is -2.46. The van der Waals surface area contributed by atoms with Crippen molar-refractivity contribution in [3.63, 3.8) is 0 Å². The van der Waals surface area contributed by atoms with E-state index in [1.54, 1.807) is 25.2 Å². The van der Waals surface area contributed by atoms with Gasteiger partial charge in [0.25, 0.3) is 0 Å². The summed E-state index contributed by atoms with van der Waals surface area (Å²) in [5, 5.41) is 0. The normalized spacial score (nSPS) is 16.9. The smallest absolute Gasteiger partial charge is 0.410 e. The van der Waals surface area contributed by atoms with E-state index in [1.807, 2.05) is 44.2 Å². The maximum absolute atomic E-state index is 13.0. The predicted molar refractivity (Wildman–Crippen MR) is 125 cm³/mol. The topological polar surface area (TPSA) is 63.6 Å². The van der Waals surface area contributed by atoms with Crippen LogP contribution >= 0.6 is 0 Å². The number of benzene rings is 2. The molecule has 2 aliphatic heterocycles. The van der Waals surface area contributed by atoms with E-state index in [4.69, 9.17) is 19.2 Å². The minimum absolute atomic E-state index is 0.142. The number of methoxy groups -OCH3 is 2. The second-order valence-corrected chi connectivity index (χ2v) is 8.83. The van der Waals surface area contributed by atoms with E-state index in [-0.39, 0.29) is 11.6 Å². The number of rotatable bonds is 5. The number of amidine groups is 1. The first-order valence-electron chi connectivity index (χ1n) is 10.9. The summed E-state index contributed by atoms with van der Waals surface area (Å²) in [6, 6.07) is 15.8. The molecule has 2 aromatic carbocycles. The van der Waals surface area contributed by atoms with Crippen molar-refractivity contribution in [1.29, 1.82) is 0 Å². The van der Waals surface area contributed by atoms with Crippen molar-refractivity contribution in [2.45, 2.75) is 37.8 Å². The van der Waals surface area contributed by atoms with Gasteiger partial charge in [-0.25, -0.2) is 4.79 Å². The fraction of sp³-hybridized carbons (Fsp3) is 0.440. The largest absolute Gasteiger partial charge is 0.497 e. The van der Waals surface area contributed by atoms with Gasteiger partial charge in [0.2, 0.25) is 0 Å². The number of anilines is 1. The van der Waals surface area contributed by atoms with Crippen molar-refractivity contribution >= 4 is 17.6 Å². The second kappa shape index (κ2) is 8.37. The minimum atomic E-state index is -0.831. The highest BCUT2D eigenvalue weighted by Gasteiger charge is 2.52. The number of carbonyl (C=O) groups excluding carboxylic acids is 1. The van der Waals surface area contributed by atoms with Gasteiger partial charge in [-0.15, -0.1) is 0 Å². The molecule has 4 rings (SSSR count). The second-order valence-electron chi connectivity index (χ2n) is 8.83. The van der Waals surface area contributed by atoms with Crippen molar-refractivity contribution < 1.29 is 19.0 Å². The Morgan fingerprint density at radius 1 is 1.03 bits per heavy atom. The van der Waals surface area contributed by atoms with Crippen LogP contribution in [-0.4, -0.2) is 56.7 Å². The first-order chi connectivity index (χ1) is 15.3. The fourth-order valence-electron chi connectivity index (χ4n) is 4.23. The molecule has 7 nitrogen and oxygen atoms in total. The summed E-state index contributed by atoms with van der Waals surface area (Å²) in [7, 11) is 5.25. The molecule has 1 spiro atoms. The molecule has 0 N–H and O–H groups in total. The Labute approximate surface area is 189 Å². The number of ether oxygens (including phenoxy) is 3. The first kappa shape index (κ1) is 22.0. The average Bonchev–Trinajstić information content (AvgIpc) is 3.51. The van der Waals surface area contributed by atoms with Gasteiger partial charge >= 0.3 is 6.09 Å². The SMILES string of the molecule is COc1cc(OC)cc(C(C)(C)OC(=O)N2CCC3(CC2)N=C3N(C)c2ccccc2)c1. The number of aliphatic imine (C=N–C) groups is 1. The Morgan fingerprint density at radius 2 is 1.62 bits per heavy atom. The first-order valence-corrected chi connectivity index (χ1v) is 10.9. The molecule has 0 atom stereocenters. The monoisotopic (exact) mass is 437 g/mol. The molecular formula is C25H31N3O4. The van der Waals surface area contributed by atoms with Gasteiger partial charge in [-0.05, 0) is 51.0 Å². The maximum Gasteiger partial charge on any atom is 0.410 e. The van der Waals surface area contributed by atoms with Crippen molar-refractivity contribution in [2.24, 2.45) is 4.99 Å². The highest BCUT2D eigenvalue weighted by molar-refractivity contribution is 6.13. The zero-order chi connectivity index (χ0) is 22.9. The van der Waals surface area contributed by atoms with E-state index in [2.05, 4.69) is 24.1 Å². The van der Waals surface area contributed by atoms with E-state index in [0.29, 0.717) is 24.6 Å². The van der Waals surface area contributed by atoms with E-state index in [9.17, 15) is 4.79 Å². The van der Waals surface area contributed by atoms with Crippen molar-refractivity contribution in [3.05, 3.63) is 54.1 Å². The molecule has 2 heterocycles. The number of piperidine rings is 1. The number of amides is 1. The Kier molecular flexibility index (Phi) is 5.75. The summed E-state index contributed by atoms with van der Waals surface area (Å²) < 4.78 is 16.6. The molecule has 2 aromatic rings. The zero-order valence-electron chi connectivity index (χ0n) is 19.4. The number of nitrogens with zero attached hydrogens (tertiary/aromatic N) is 3. The highest BCUT2D eigenvalue weighted by Crippen LogP contribution is 2.41. The highest BCUT2D eigenvalue weighted by atomic mass is 16.6. The number of carbonyl (C=O) groups is 1. The Balaban J connectivity index is 1.36. The van der Waals surface area contributed by atoms with E-state index in [1.165, 1.54) is 0 Å². The van der Waals surface area contributed by atoms with Crippen molar-refractivity contribution in [3.8, 4) is 11.5 Å². The van der Waals surface area contributed by atoms with Crippen LogP contribution in [-0.2, 0) is 10.3 Å². The summed E-state index contributed by atoms with van der Waals surface area (Å²) in [6.45, 7) is 4.99. The van der Waals surface area contributed by atoms with Crippen LogP contribution in [0.3, 0.4) is 0 Å². The average molecular weight is 438 g/mol. The molecule has 32 heavy (non-hydrogen) atoms. The van der Waals surface area contributed by atoms with Crippen LogP contribution in [0.25, 0.3) is 0 Å². The van der Waals surface area contributed by atoms with Gasteiger partial charge < -0.3 is 24.0 Å². The maximum atomic E-state index is 13.0. The van der Waals surface area contributed by atoms with Gasteiger partial charge in [-0.1, -0.05) is 18.2 Å². The number of likely N-dealkylation sites (tertiary alicyclic amines) is 1. The summed E-state index contributed by atoms with van der Waals surface area (Å²) in [4.78, 5) is 21.7. The van der Waals surface area contributed by atoms with Gasteiger partial charge in [0.05, 0.1) is 14.2 Å². The fourth-order valence-corrected chi connectivity index (χ4v) is 4.23. The van der Waals surface area contributed by atoms with E-state index >= 15 is 0 Å². The van der Waals surface area contributed by atoms with Gasteiger partial charge in [-0.2, -0.15) is 0 Å². The number of hydrogen-bond acceptors (Lipinski definition) is 6. The Morgan fingerprint density at radius 3 is 2.19 bits per heavy atom. The Bertz CT molecular complexity index is 989. The minimum Gasteiger partial charge on any atom is -0.497 e. The lowest BCUT2D eigenvalue weighted by Gasteiger charge is -2.35. The lowest BCUT2D eigenvalue weighted by atomic mass is 9.93. The zero-order valence-corrected chi connectivity index (χ0v) is 19.4. The van der Waals surface area contributed by atoms with Crippen LogP contribution in [0.2, 0.25) is 0 Å². The molecule has 0 saturated carbocycles. The molecule has 0 aromatic heterocycles. The molecule has 1 fully saturated rings. The standard InChI is InChI=1S/C25H31N3O4/c1-24(2,18-15-20(30-4)17-21(16-18)31-5)32-23(29)28-13-11-25(12-14-28)22(26-25)27(3)19-9-7-6-8-10-19/h6-10,15-17H,11-14H2,1-5H3. The molecule has 170 valence electrons. The molecular weight excluding hydrogens is 406 g/mol. The lowest BCUT2D eigenvalue weighted by molar-refractivity contribution is 0.00639. The van der Waals surface area contributed by atoms with Crippen LogP contribution in [0.1, 0.15) is 32.3 Å². The third-order valence-corrected chi connectivity index (χ3v) is 6.39. The van der Waals surface area contributed by atoms with Crippen LogP contribution < -0.4 is 14.4 Å². The van der Waals surface area contributed by atoms with Gasteiger partial charge in [-0.3, -0.25) is 4.99 Å². The van der Waals surface area contributed by atoms with Crippen molar-refractivity contribution in [2.75, 3.05) is 39.3 Å². The van der Waals surface area contributed by atoms with Crippen LogP contribution in [0.4, 0.5) is 10.5 Å². The summed E-state index contributed by atoms with van der Waals surface area (Å²) in [6.07, 6.45) is 1.30. The number of likely N-dealkylation sites (N-methyl/N-ethyl adjacent to an activating group) is 1. The predicted octanol–water partition coefficient (Wildman–Crippen LogP) is 4.46. The third-order valence-electron chi connectivity index (χ3n) is 6.39.